The minimum Gasteiger partial charge on any atom is -0.493 e. The second kappa shape index (κ2) is 12.4. The van der Waals surface area contributed by atoms with Crippen molar-refractivity contribution in [2.24, 2.45) is 0 Å². The molecule has 2 heterocycles. The van der Waals surface area contributed by atoms with Crippen LogP contribution in [-0.4, -0.2) is 55.6 Å². The zero-order chi connectivity index (χ0) is 27.9. The molecule has 3 aromatic carbocycles. The molecule has 0 unspecified atom stereocenters. The molecule has 0 spiro atoms. The predicted molar refractivity (Wildman–Crippen MR) is 155 cm³/mol. The molecule has 1 aliphatic rings. The van der Waals surface area contributed by atoms with Gasteiger partial charge in [-0.1, -0.05) is 30.3 Å². The van der Waals surface area contributed by atoms with Gasteiger partial charge in [0.05, 0.1) is 31.0 Å². The fourth-order valence-electron chi connectivity index (χ4n) is 4.95. The quantitative estimate of drug-likeness (QED) is 0.322. The largest absolute Gasteiger partial charge is 0.493 e. The number of nitrogens with one attached hydrogen (secondary N) is 1. The van der Waals surface area contributed by atoms with Gasteiger partial charge < -0.3 is 19.7 Å². The number of nitrogens with zero attached hydrogens (tertiary/aromatic N) is 3. The number of amides is 2. The Balaban J connectivity index is 1.35. The first-order valence-corrected chi connectivity index (χ1v) is 13.2. The van der Waals surface area contributed by atoms with Crippen LogP contribution in [0.5, 0.6) is 11.5 Å². The van der Waals surface area contributed by atoms with E-state index in [-0.39, 0.29) is 11.8 Å². The second-order valence-electron chi connectivity index (χ2n) is 9.54. The minimum atomic E-state index is -0.321. The summed E-state index contributed by atoms with van der Waals surface area (Å²) in [7, 11) is 3.29. The van der Waals surface area contributed by atoms with Gasteiger partial charge in [-0.15, -0.1) is 0 Å². The number of benzene rings is 3. The van der Waals surface area contributed by atoms with Gasteiger partial charge >= 0.3 is 0 Å². The molecule has 1 N–H and O–H groups in total. The molecule has 0 aliphatic carbocycles. The van der Waals surface area contributed by atoms with Crippen LogP contribution in [0.1, 0.15) is 31.8 Å². The van der Waals surface area contributed by atoms with Gasteiger partial charge in [0.2, 0.25) is 0 Å². The van der Waals surface area contributed by atoms with Crippen LogP contribution in [0.3, 0.4) is 0 Å². The first-order chi connectivity index (χ1) is 19.6. The van der Waals surface area contributed by atoms with E-state index in [2.05, 4.69) is 21.3 Å². The molecule has 40 heavy (non-hydrogen) atoms. The van der Waals surface area contributed by atoms with E-state index >= 15 is 0 Å². The predicted octanol–water partition coefficient (Wildman–Crippen LogP) is 5.06. The lowest BCUT2D eigenvalue weighted by atomic mass is 9.99. The summed E-state index contributed by atoms with van der Waals surface area (Å²) in [6.07, 6.45) is 4.00. The number of ether oxygens (including phenoxy) is 2. The third-order valence-corrected chi connectivity index (χ3v) is 7.08. The molecule has 1 aromatic heterocycles. The van der Waals surface area contributed by atoms with Crippen LogP contribution in [-0.2, 0) is 13.0 Å². The lowest BCUT2D eigenvalue weighted by molar-refractivity contribution is 0.0983. The topological polar surface area (TPSA) is 84.0 Å². The highest BCUT2D eigenvalue weighted by molar-refractivity contribution is 6.13. The van der Waals surface area contributed by atoms with Gasteiger partial charge in [-0.3, -0.25) is 19.5 Å². The van der Waals surface area contributed by atoms with Crippen LogP contribution in [0.15, 0.2) is 91.3 Å². The van der Waals surface area contributed by atoms with Crippen LogP contribution >= 0.6 is 0 Å². The highest BCUT2D eigenvalue weighted by atomic mass is 16.5. The van der Waals surface area contributed by atoms with Gasteiger partial charge in [-0.05, 0) is 66.1 Å². The van der Waals surface area contributed by atoms with Crippen molar-refractivity contribution < 1.29 is 19.1 Å². The normalized spacial score (nSPS) is 12.8. The Morgan fingerprint density at radius 2 is 1.65 bits per heavy atom. The van der Waals surface area contributed by atoms with E-state index in [1.807, 2.05) is 36.4 Å². The van der Waals surface area contributed by atoms with Gasteiger partial charge in [-0.25, -0.2) is 0 Å². The van der Waals surface area contributed by atoms with Crippen LogP contribution in [0.2, 0.25) is 0 Å². The summed E-state index contributed by atoms with van der Waals surface area (Å²) in [5, 5.41) is 2.89. The Hall–Kier alpha value is -4.69. The van der Waals surface area contributed by atoms with Crippen LogP contribution in [0.4, 0.5) is 11.4 Å². The maximum Gasteiger partial charge on any atom is 0.260 e. The molecule has 0 saturated carbocycles. The maximum atomic E-state index is 14.0. The van der Waals surface area contributed by atoms with E-state index in [0.717, 1.165) is 30.9 Å². The van der Waals surface area contributed by atoms with Crippen molar-refractivity contribution in [1.29, 1.82) is 0 Å². The molecule has 0 bridgehead atoms. The van der Waals surface area contributed by atoms with Gasteiger partial charge in [0, 0.05) is 44.3 Å². The number of rotatable bonds is 9. The highest BCUT2D eigenvalue weighted by Gasteiger charge is 2.24. The molecule has 0 atom stereocenters. The van der Waals surface area contributed by atoms with E-state index in [1.54, 1.807) is 61.7 Å². The number of aromatic nitrogens is 1. The average molecular weight is 537 g/mol. The van der Waals surface area contributed by atoms with Crippen molar-refractivity contribution in [1.82, 2.24) is 9.88 Å². The number of hydrogen-bond donors (Lipinski definition) is 1. The van der Waals surface area contributed by atoms with Crippen LogP contribution in [0.25, 0.3) is 0 Å². The summed E-state index contributed by atoms with van der Waals surface area (Å²) in [6.45, 7) is 2.79. The molecule has 8 heteroatoms. The zero-order valence-corrected chi connectivity index (χ0v) is 22.7. The van der Waals surface area contributed by atoms with Gasteiger partial charge in [0.15, 0.2) is 11.5 Å². The number of hydrogen-bond acceptors (Lipinski definition) is 6. The van der Waals surface area contributed by atoms with Crippen molar-refractivity contribution in [3.63, 3.8) is 0 Å². The van der Waals surface area contributed by atoms with Crippen LogP contribution < -0.4 is 19.7 Å². The fraction of sp³-hybridized carbons (Fsp3) is 0.219. The highest BCUT2D eigenvalue weighted by Crippen LogP contribution is 2.33. The van der Waals surface area contributed by atoms with Crippen LogP contribution in [0, 0.1) is 0 Å². The molecular formula is C32H32N4O4. The number of carbonyl (C=O) groups is 2. The van der Waals surface area contributed by atoms with E-state index in [4.69, 9.17) is 9.47 Å². The lowest BCUT2D eigenvalue weighted by Crippen LogP contribution is -2.41. The first kappa shape index (κ1) is 26.9. The summed E-state index contributed by atoms with van der Waals surface area (Å²) >= 11 is 0. The van der Waals surface area contributed by atoms with Crippen molar-refractivity contribution >= 4 is 23.2 Å². The number of para-hydroxylation sites is 2. The van der Waals surface area contributed by atoms with E-state index in [0.29, 0.717) is 35.7 Å². The summed E-state index contributed by atoms with van der Waals surface area (Å²) in [6, 6.07) is 24.2. The Labute approximate surface area is 234 Å². The molecular weight excluding hydrogens is 504 g/mol. The van der Waals surface area contributed by atoms with E-state index in [9.17, 15) is 9.59 Å². The van der Waals surface area contributed by atoms with Crippen molar-refractivity contribution in [2.45, 2.75) is 13.0 Å². The summed E-state index contributed by atoms with van der Waals surface area (Å²) < 4.78 is 11.0. The SMILES string of the molecule is COc1cc2c(cc1OC)CN(CCN(C(=O)c1ccccc1NC(=O)c1cccnc1)c1ccccc1)CC2. The maximum absolute atomic E-state index is 14.0. The molecule has 0 radical (unpaired) electrons. The third-order valence-electron chi connectivity index (χ3n) is 7.08. The van der Waals surface area contributed by atoms with Crippen molar-refractivity contribution in [2.75, 3.05) is 44.1 Å². The summed E-state index contributed by atoms with van der Waals surface area (Å²) in [5.41, 5.74) is 4.54. The van der Waals surface area contributed by atoms with Crippen molar-refractivity contribution in [3.8, 4) is 11.5 Å². The second-order valence-corrected chi connectivity index (χ2v) is 9.54. The summed E-state index contributed by atoms with van der Waals surface area (Å²) in [5.74, 6) is 0.953. The summed E-state index contributed by atoms with van der Waals surface area (Å²) in [4.78, 5) is 35.0. The number of carbonyl (C=O) groups excluding carboxylic acids is 2. The third kappa shape index (κ3) is 5.97. The van der Waals surface area contributed by atoms with E-state index in [1.165, 1.54) is 17.3 Å². The Kier molecular flexibility index (Phi) is 8.37. The molecule has 0 saturated heterocycles. The molecule has 1 aliphatic heterocycles. The molecule has 204 valence electrons. The number of methoxy groups -OCH3 is 2. The molecule has 2 amide bonds. The fourth-order valence-corrected chi connectivity index (χ4v) is 4.95. The van der Waals surface area contributed by atoms with Gasteiger partial charge in [0.25, 0.3) is 11.8 Å². The number of fused-ring (bicyclic) bond motifs is 1. The number of anilines is 2. The monoisotopic (exact) mass is 536 g/mol. The Morgan fingerprint density at radius 1 is 0.925 bits per heavy atom. The first-order valence-electron chi connectivity index (χ1n) is 13.2. The smallest absolute Gasteiger partial charge is 0.260 e. The van der Waals surface area contributed by atoms with E-state index < -0.39 is 0 Å². The minimum absolute atomic E-state index is 0.183. The lowest BCUT2D eigenvalue weighted by Gasteiger charge is -2.32. The Bertz CT molecular complexity index is 1480. The standard InChI is InChI=1S/C32H32N4O4/c1-39-29-19-23-14-16-35(22-25(23)20-30(29)40-2)17-18-36(26-10-4-3-5-11-26)32(38)27-12-6-7-13-28(27)34-31(37)24-9-8-15-33-21-24/h3-13,15,19-21H,14,16-18,22H2,1-2H3,(H,34,37). The average Bonchev–Trinajstić information content (AvgIpc) is 3.01. The van der Waals surface area contributed by atoms with Crippen molar-refractivity contribution in [3.05, 3.63) is 114 Å². The molecule has 5 rings (SSSR count). The molecule has 4 aromatic rings. The molecule has 0 fully saturated rings. The zero-order valence-electron chi connectivity index (χ0n) is 22.7. The van der Waals surface area contributed by atoms with Gasteiger partial charge in [-0.2, -0.15) is 0 Å². The Morgan fingerprint density at radius 3 is 2.38 bits per heavy atom. The molecule has 8 nitrogen and oxygen atoms in total. The van der Waals surface area contributed by atoms with Gasteiger partial charge in [0.1, 0.15) is 0 Å². The number of pyridine rings is 1.